The van der Waals surface area contributed by atoms with Crippen LogP contribution in [0.15, 0.2) is 24.3 Å². The van der Waals surface area contributed by atoms with Gasteiger partial charge in [-0.25, -0.2) is 0 Å². The highest BCUT2D eigenvalue weighted by Gasteiger charge is 2.30. The monoisotopic (exact) mass is 256 g/mol. The number of halogens is 1. The van der Waals surface area contributed by atoms with E-state index in [9.17, 15) is 10.2 Å². The molecule has 0 spiro atoms. The molecule has 1 fully saturated rings. The first kappa shape index (κ1) is 12.8. The van der Waals surface area contributed by atoms with Crippen molar-refractivity contribution in [2.24, 2.45) is 0 Å². The van der Waals surface area contributed by atoms with Gasteiger partial charge in [-0.1, -0.05) is 23.7 Å². The predicted molar refractivity (Wildman–Crippen MR) is 66.7 cm³/mol. The summed E-state index contributed by atoms with van der Waals surface area (Å²) in [6.45, 7) is 1.26. The van der Waals surface area contributed by atoms with Crippen LogP contribution in [0.5, 0.6) is 0 Å². The molecule has 0 amide bonds. The molecule has 4 N–H and O–H groups in total. The maximum atomic E-state index is 9.88. The summed E-state index contributed by atoms with van der Waals surface area (Å²) < 4.78 is 0. The van der Waals surface area contributed by atoms with E-state index in [2.05, 4.69) is 10.6 Å². The lowest BCUT2D eigenvalue weighted by Crippen LogP contribution is -2.49. The number of rotatable bonds is 4. The van der Waals surface area contributed by atoms with Crippen LogP contribution in [-0.4, -0.2) is 35.1 Å². The third kappa shape index (κ3) is 3.40. The van der Waals surface area contributed by atoms with Crippen molar-refractivity contribution < 1.29 is 10.2 Å². The second kappa shape index (κ2) is 5.80. The van der Waals surface area contributed by atoms with Crippen molar-refractivity contribution in [2.45, 2.75) is 31.3 Å². The van der Waals surface area contributed by atoms with Crippen molar-refractivity contribution in [3.8, 4) is 0 Å². The van der Waals surface area contributed by atoms with Crippen LogP contribution in [0.2, 0.25) is 5.02 Å². The van der Waals surface area contributed by atoms with Gasteiger partial charge >= 0.3 is 0 Å². The smallest absolute Gasteiger partial charge is 0.123 e. The van der Waals surface area contributed by atoms with Crippen LogP contribution in [0.4, 0.5) is 0 Å². The van der Waals surface area contributed by atoms with Gasteiger partial charge in [-0.05, 0) is 30.7 Å². The van der Waals surface area contributed by atoms with Crippen molar-refractivity contribution in [3.63, 3.8) is 0 Å². The fraction of sp³-hybridized carbons (Fsp3) is 0.500. The van der Waals surface area contributed by atoms with E-state index in [4.69, 9.17) is 11.6 Å². The van der Waals surface area contributed by atoms with Gasteiger partial charge in [0.25, 0.3) is 0 Å². The molecule has 0 bridgehead atoms. The highest BCUT2D eigenvalue weighted by atomic mass is 35.5. The Kier molecular flexibility index (Phi) is 4.36. The van der Waals surface area contributed by atoms with Crippen molar-refractivity contribution in [1.82, 2.24) is 10.6 Å². The van der Waals surface area contributed by atoms with E-state index >= 15 is 0 Å². The summed E-state index contributed by atoms with van der Waals surface area (Å²) in [5.41, 5.74) is 1.00. The minimum atomic E-state index is -0.758. The van der Waals surface area contributed by atoms with E-state index in [0.717, 1.165) is 12.1 Å². The quantitative estimate of drug-likeness (QED) is 0.592. The van der Waals surface area contributed by atoms with E-state index in [1.54, 1.807) is 0 Å². The molecule has 1 aliphatic heterocycles. The summed E-state index contributed by atoms with van der Waals surface area (Å²) in [7, 11) is 0. The molecular formula is C12H17ClN2O2. The summed E-state index contributed by atoms with van der Waals surface area (Å²) >= 11 is 5.87. The molecule has 4 nitrogen and oxygen atoms in total. The molecule has 0 radical (unpaired) electrons. The summed E-state index contributed by atoms with van der Waals surface area (Å²) in [5, 5.41) is 26.2. The minimum absolute atomic E-state index is 0.297. The number of aliphatic hydroxyl groups excluding tert-OH is 2. The van der Waals surface area contributed by atoms with Crippen molar-refractivity contribution in [2.75, 3.05) is 6.54 Å². The molecule has 0 aromatic heterocycles. The topological polar surface area (TPSA) is 64.5 Å². The number of nitrogens with one attached hydrogen (secondary N) is 2. The highest BCUT2D eigenvalue weighted by molar-refractivity contribution is 6.30. The van der Waals surface area contributed by atoms with Crippen LogP contribution in [-0.2, 0) is 6.54 Å². The zero-order valence-corrected chi connectivity index (χ0v) is 10.2. The van der Waals surface area contributed by atoms with Gasteiger partial charge in [-0.2, -0.15) is 0 Å². The molecule has 1 aromatic carbocycles. The van der Waals surface area contributed by atoms with Gasteiger partial charge in [-0.3, -0.25) is 5.32 Å². The molecular weight excluding hydrogens is 240 g/mol. The molecule has 1 saturated heterocycles. The molecule has 5 heteroatoms. The second-order valence-corrected chi connectivity index (χ2v) is 4.73. The number of hydrogen-bond acceptors (Lipinski definition) is 4. The van der Waals surface area contributed by atoms with Gasteiger partial charge in [0.1, 0.15) is 6.23 Å². The Labute approximate surface area is 106 Å². The van der Waals surface area contributed by atoms with E-state index in [1.165, 1.54) is 0 Å². The van der Waals surface area contributed by atoms with Crippen LogP contribution in [0.3, 0.4) is 0 Å². The van der Waals surface area contributed by atoms with Crippen LogP contribution in [0, 0.1) is 0 Å². The van der Waals surface area contributed by atoms with Crippen molar-refractivity contribution in [3.05, 3.63) is 34.9 Å². The molecule has 2 rings (SSSR count). The largest absolute Gasteiger partial charge is 0.391 e. The number of hydrogen-bond donors (Lipinski definition) is 4. The minimum Gasteiger partial charge on any atom is -0.391 e. The number of aliphatic hydroxyl groups is 2. The molecule has 0 aliphatic carbocycles. The van der Waals surface area contributed by atoms with E-state index in [0.29, 0.717) is 18.0 Å². The first-order valence-electron chi connectivity index (χ1n) is 5.74. The Morgan fingerprint density at radius 2 is 2.35 bits per heavy atom. The Balaban J connectivity index is 1.85. The summed E-state index contributed by atoms with van der Waals surface area (Å²) in [4.78, 5) is 0. The number of benzene rings is 1. The Morgan fingerprint density at radius 1 is 1.53 bits per heavy atom. The van der Waals surface area contributed by atoms with Crippen LogP contribution < -0.4 is 10.6 Å². The first-order chi connectivity index (χ1) is 8.16. The summed E-state index contributed by atoms with van der Waals surface area (Å²) in [5.74, 6) is 0. The fourth-order valence-electron chi connectivity index (χ4n) is 2.03. The fourth-order valence-corrected chi connectivity index (χ4v) is 2.24. The zero-order valence-electron chi connectivity index (χ0n) is 9.44. The third-order valence-corrected chi connectivity index (χ3v) is 3.21. The molecule has 94 valence electrons. The predicted octanol–water partition coefficient (Wildman–Crippen LogP) is 0.471. The normalized spacial score (nSPS) is 26.1. The van der Waals surface area contributed by atoms with Crippen LogP contribution in [0.25, 0.3) is 0 Å². The van der Waals surface area contributed by atoms with Gasteiger partial charge < -0.3 is 15.5 Å². The molecule has 1 heterocycles. The second-order valence-electron chi connectivity index (χ2n) is 4.29. The summed E-state index contributed by atoms with van der Waals surface area (Å²) in [6.07, 6.45) is -0.566. The highest BCUT2D eigenvalue weighted by Crippen LogP contribution is 2.12. The Hall–Kier alpha value is -0.650. The summed E-state index contributed by atoms with van der Waals surface area (Å²) in [6, 6.07) is 7.16. The molecule has 2 unspecified atom stereocenters. The van der Waals surface area contributed by atoms with Crippen molar-refractivity contribution in [1.29, 1.82) is 0 Å². The lowest BCUT2D eigenvalue weighted by molar-refractivity contribution is 0.0411. The molecule has 1 aromatic rings. The lowest BCUT2D eigenvalue weighted by Gasteiger charge is -2.22. The standard InChI is InChI=1S/C12H17ClN2O2/c13-9-3-1-2-8(6-9)7-15-12(17)11-10(16)4-5-14-11/h1-3,6,10-12,14-17H,4-5,7H2/t10?,11-,12?/m0/s1. The van der Waals surface area contributed by atoms with Gasteiger partial charge in [0.2, 0.25) is 0 Å². The van der Waals surface area contributed by atoms with Crippen LogP contribution in [0.1, 0.15) is 12.0 Å². The van der Waals surface area contributed by atoms with E-state index in [-0.39, 0.29) is 6.04 Å². The molecule has 17 heavy (non-hydrogen) atoms. The zero-order chi connectivity index (χ0) is 12.3. The third-order valence-electron chi connectivity index (χ3n) is 2.98. The molecule has 0 saturated carbocycles. The first-order valence-corrected chi connectivity index (χ1v) is 6.12. The lowest BCUT2D eigenvalue weighted by atomic mass is 10.1. The van der Waals surface area contributed by atoms with Gasteiger partial charge in [0.05, 0.1) is 12.1 Å². The molecule has 3 atom stereocenters. The van der Waals surface area contributed by atoms with Crippen LogP contribution >= 0.6 is 11.6 Å². The molecule has 1 aliphatic rings. The maximum absolute atomic E-state index is 9.88. The average molecular weight is 257 g/mol. The SMILES string of the molecule is OC1CCN[C@@H]1C(O)NCc1cccc(Cl)c1. The van der Waals surface area contributed by atoms with Gasteiger partial charge in [0, 0.05) is 11.6 Å². The maximum Gasteiger partial charge on any atom is 0.123 e. The van der Waals surface area contributed by atoms with E-state index < -0.39 is 12.3 Å². The Morgan fingerprint density at radius 3 is 3.00 bits per heavy atom. The van der Waals surface area contributed by atoms with Crippen molar-refractivity contribution >= 4 is 11.6 Å². The average Bonchev–Trinajstić information content (AvgIpc) is 2.72. The van der Waals surface area contributed by atoms with E-state index in [1.807, 2.05) is 24.3 Å². The van der Waals surface area contributed by atoms with Gasteiger partial charge in [-0.15, -0.1) is 0 Å². The van der Waals surface area contributed by atoms with Gasteiger partial charge in [0.15, 0.2) is 0 Å². The Bertz CT molecular complexity index is 375.